The number of nitrogens with zero attached hydrogens (tertiary/aromatic N) is 2. The van der Waals surface area contributed by atoms with Crippen LogP contribution < -0.4 is 10.2 Å². The number of nitrogens with one attached hydrogen (secondary N) is 1. The molecule has 0 spiro atoms. The van der Waals surface area contributed by atoms with E-state index in [9.17, 15) is 4.79 Å². The molecule has 25 heavy (non-hydrogen) atoms. The van der Waals surface area contributed by atoms with Crippen LogP contribution in [-0.4, -0.2) is 43.7 Å². The molecule has 0 unspecified atom stereocenters. The number of ether oxygens (including phenoxy) is 1. The van der Waals surface area contributed by atoms with E-state index in [2.05, 4.69) is 28.4 Å². The van der Waals surface area contributed by atoms with E-state index < -0.39 is 0 Å². The number of amides is 1. The molecule has 1 fully saturated rings. The van der Waals surface area contributed by atoms with E-state index >= 15 is 0 Å². The summed E-state index contributed by atoms with van der Waals surface area (Å²) in [5.74, 6) is 0. The maximum Gasteiger partial charge on any atom is 0.410 e. The number of hydrogen-bond acceptors (Lipinski definition) is 4. The van der Waals surface area contributed by atoms with E-state index in [1.54, 1.807) is 4.90 Å². The molecule has 1 amide bonds. The van der Waals surface area contributed by atoms with Crippen molar-refractivity contribution in [3.63, 3.8) is 0 Å². The number of carbonyl (C=O) groups excluding carboxylic acids is 1. The first kappa shape index (κ1) is 15.8. The van der Waals surface area contributed by atoms with Crippen molar-refractivity contribution in [1.29, 1.82) is 0 Å². The number of carbonyl (C=O) groups is 1. The Morgan fingerprint density at radius 1 is 1.00 bits per heavy atom. The monoisotopic (exact) mass is 337 g/mol. The van der Waals surface area contributed by atoms with Crippen molar-refractivity contribution in [1.82, 2.24) is 4.90 Å². The fourth-order valence-corrected chi connectivity index (χ4v) is 3.56. The molecule has 0 bridgehead atoms. The molecule has 2 heterocycles. The van der Waals surface area contributed by atoms with Crippen LogP contribution in [0.3, 0.4) is 0 Å². The summed E-state index contributed by atoms with van der Waals surface area (Å²) in [6.45, 7) is 4.43. The Bertz CT molecular complexity index is 740. The summed E-state index contributed by atoms with van der Waals surface area (Å²) < 4.78 is 5.44. The molecule has 1 saturated heterocycles. The molecule has 0 aliphatic carbocycles. The van der Waals surface area contributed by atoms with Crippen molar-refractivity contribution in [2.24, 2.45) is 0 Å². The lowest BCUT2D eigenvalue weighted by Gasteiger charge is -2.36. The van der Waals surface area contributed by atoms with Gasteiger partial charge < -0.3 is 19.9 Å². The van der Waals surface area contributed by atoms with Crippen LogP contribution in [0.25, 0.3) is 0 Å². The fourth-order valence-electron chi connectivity index (χ4n) is 3.56. The molecule has 2 aliphatic rings. The number of piperazine rings is 1. The number of rotatable bonds is 3. The lowest BCUT2D eigenvalue weighted by atomic mass is 10.1. The lowest BCUT2D eigenvalue weighted by molar-refractivity contribution is 0.0942. The van der Waals surface area contributed by atoms with Crippen LogP contribution in [0.5, 0.6) is 0 Å². The van der Waals surface area contributed by atoms with E-state index in [1.807, 2.05) is 30.3 Å². The average molecular weight is 337 g/mol. The largest absolute Gasteiger partial charge is 0.445 e. The lowest BCUT2D eigenvalue weighted by Crippen LogP contribution is -2.49. The first-order chi connectivity index (χ1) is 12.3. The van der Waals surface area contributed by atoms with E-state index in [4.69, 9.17) is 4.74 Å². The van der Waals surface area contributed by atoms with Gasteiger partial charge in [0.2, 0.25) is 0 Å². The highest BCUT2D eigenvalue weighted by Gasteiger charge is 2.25. The van der Waals surface area contributed by atoms with Gasteiger partial charge in [-0.1, -0.05) is 36.4 Å². The topological polar surface area (TPSA) is 44.8 Å². The van der Waals surface area contributed by atoms with Crippen LogP contribution >= 0.6 is 0 Å². The predicted octanol–water partition coefficient (Wildman–Crippen LogP) is 3.11. The smallest absolute Gasteiger partial charge is 0.410 e. The van der Waals surface area contributed by atoms with Gasteiger partial charge in [0.05, 0.1) is 0 Å². The summed E-state index contributed by atoms with van der Waals surface area (Å²) in [6, 6.07) is 16.2. The van der Waals surface area contributed by atoms with Crippen molar-refractivity contribution in [3.8, 4) is 0 Å². The summed E-state index contributed by atoms with van der Waals surface area (Å²) in [5.41, 5.74) is 4.98. The standard InChI is InChI=1S/C20H23N3O2/c24-20(25-15-16-5-2-1-3-6-16)23-13-11-22(12-14-23)19-8-4-7-18-17(19)9-10-21-18/h1-8,21H,9-15H2. The van der Waals surface area contributed by atoms with Gasteiger partial charge in [-0.25, -0.2) is 4.79 Å². The minimum Gasteiger partial charge on any atom is -0.445 e. The third kappa shape index (κ3) is 3.40. The van der Waals surface area contributed by atoms with E-state index in [0.717, 1.165) is 31.6 Å². The van der Waals surface area contributed by atoms with Crippen molar-refractivity contribution in [2.75, 3.05) is 42.9 Å². The first-order valence-electron chi connectivity index (χ1n) is 8.87. The summed E-state index contributed by atoms with van der Waals surface area (Å²) in [6.07, 6.45) is 0.855. The summed E-state index contributed by atoms with van der Waals surface area (Å²) >= 11 is 0. The highest BCUT2D eigenvalue weighted by Crippen LogP contribution is 2.32. The van der Waals surface area contributed by atoms with Gasteiger partial charge in [0, 0.05) is 49.7 Å². The second kappa shape index (κ2) is 7.05. The summed E-state index contributed by atoms with van der Waals surface area (Å²) in [4.78, 5) is 16.5. The Kier molecular flexibility index (Phi) is 4.46. The van der Waals surface area contributed by atoms with Crippen LogP contribution in [0.15, 0.2) is 48.5 Å². The van der Waals surface area contributed by atoms with E-state index in [0.29, 0.717) is 19.7 Å². The Morgan fingerprint density at radius 2 is 1.80 bits per heavy atom. The molecular weight excluding hydrogens is 314 g/mol. The predicted molar refractivity (Wildman–Crippen MR) is 99.0 cm³/mol. The maximum absolute atomic E-state index is 12.3. The van der Waals surface area contributed by atoms with E-state index in [-0.39, 0.29) is 6.09 Å². The van der Waals surface area contributed by atoms with Crippen LogP contribution in [0, 0.1) is 0 Å². The zero-order chi connectivity index (χ0) is 17.1. The highest BCUT2D eigenvalue weighted by atomic mass is 16.6. The molecule has 130 valence electrons. The number of fused-ring (bicyclic) bond motifs is 1. The van der Waals surface area contributed by atoms with Crippen molar-refractivity contribution in [3.05, 3.63) is 59.7 Å². The Hall–Kier alpha value is -2.69. The first-order valence-corrected chi connectivity index (χ1v) is 8.87. The van der Waals surface area contributed by atoms with Gasteiger partial charge in [0.25, 0.3) is 0 Å². The Labute approximate surface area is 148 Å². The van der Waals surface area contributed by atoms with Gasteiger partial charge in [-0.15, -0.1) is 0 Å². The molecule has 4 rings (SSSR count). The second-order valence-electron chi connectivity index (χ2n) is 6.49. The second-order valence-corrected chi connectivity index (χ2v) is 6.49. The van der Waals surface area contributed by atoms with Crippen LogP contribution in [0.1, 0.15) is 11.1 Å². The molecule has 0 radical (unpaired) electrons. The molecule has 0 saturated carbocycles. The van der Waals surface area contributed by atoms with Crippen molar-refractivity contribution < 1.29 is 9.53 Å². The van der Waals surface area contributed by atoms with Crippen LogP contribution in [0.2, 0.25) is 0 Å². The summed E-state index contributed by atoms with van der Waals surface area (Å²) in [7, 11) is 0. The fraction of sp³-hybridized carbons (Fsp3) is 0.350. The van der Waals surface area contributed by atoms with Gasteiger partial charge in [0.15, 0.2) is 0 Å². The van der Waals surface area contributed by atoms with Gasteiger partial charge in [-0.2, -0.15) is 0 Å². The minimum atomic E-state index is -0.219. The van der Waals surface area contributed by atoms with Gasteiger partial charge in [-0.05, 0) is 24.1 Å². The zero-order valence-corrected chi connectivity index (χ0v) is 14.3. The normalized spacial score (nSPS) is 16.3. The van der Waals surface area contributed by atoms with Crippen molar-refractivity contribution >= 4 is 17.5 Å². The molecule has 1 N–H and O–H groups in total. The molecule has 2 aliphatic heterocycles. The quantitative estimate of drug-likeness (QED) is 0.935. The van der Waals surface area contributed by atoms with Gasteiger partial charge in [0.1, 0.15) is 6.61 Å². The SMILES string of the molecule is O=C(OCc1ccccc1)N1CCN(c2cccc3c2CCN3)CC1. The van der Waals surface area contributed by atoms with E-state index in [1.165, 1.54) is 16.9 Å². The summed E-state index contributed by atoms with van der Waals surface area (Å²) in [5, 5.41) is 3.43. The van der Waals surface area contributed by atoms with Crippen LogP contribution in [0.4, 0.5) is 16.2 Å². The average Bonchev–Trinajstić information content (AvgIpc) is 3.16. The number of benzene rings is 2. The zero-order valence-electron chi connectivity index (χ0n) is 14.3. The van der Waals surface area contributed by atoms with Crippen LogP contribution in [-0.2, 0) is 17.8 Å². The van der Waals surface area contributed by atoms with Gasteiger partial charge in [-0.3, -0.25) is 0 Å². The van der Waals surface area contributed by atoms with Gasteiger partial charge >= 0.3 is 6.09 Å². The Morgan fingerprint density at radius 3 is 2.60 bits per heavy atom. The molecule has 0 atom stereocenters. The minimum absolute atomic E-state index is 0.219. The number of anilines is 2. The molecule has 5 heteroatoms. The molecular formula is C20H23N3O2. The molecule has 2 aromatic carbocycles. The Balaban J connectivity index is 1.32. The molecule has 0 aromatic heterocycles. The third-order valence-corrected chi connectivity index (χ3v) is 4.93. The number of hydrogen-bond donors (Lipinski definition) is 1. The molecule has 2 aromatic rings. The molecule has 5 nitrogen and oxygen atoms in total. The van der Waals surface area contributed by atoms with Crippen molar-refractivity contribution in [2.45, 2.75) is 13.0 Å². The highest BCUT2D eigenvalue weighted by molar-refractivity contribution is 5.71. The maximum atomic E-state index is 12.3. The third-order valence-electron chi connectivity index (χ3n) is 4.93.